The maximum absolute atomic E-state index is 14.5. The van der Waals surface area contributed by atoms with Crippen molar-refractivity contribution in [2.75, 3.05) is 21.3 Å². The molecule has 6 N–H and O–H groups in total. The van der Waals surface area contributed by atoms with E-state index in [4.69, 9.17) is 38.4 Å². The number of carbonyl (C=O) groups is 3. The summed E-state index contributed by atoms with van der Waals surface area (Å²) in [4.78, 5) is 42.2. The number of benzene rings is 1. The molecule has 0 saturated carbocycles. The van der Waals surface area contributed by atoms with Gasteiger partial charge in [0, 0.05) is 69.5 Å². The number of hydroxylamine groups is 1. The number of likely N-dealkylation sites (N-methyl/N-ethyl adjacent to an activating group) is 1. The van der Waals surface area contributed by atoms with E-state index in [1.807, 2.05) is 51.4 Å². The number of nitrogens with one attached hydrogen (secondary N) is 1. The summed E-state index contributed by atoms with van der Waals surface area (Å²) in [6.45, 7) is 18.0. The average molecular weight is 1020 g/mol. The molecule has 20 heteroatoms. The predicted octanol–water partition coefficient (Wildman–Crippen LogP) is 4.33. The van der Waals surface area contributed by atoms with E-state index in [2.05, 4.69) is 15.2 Å². The fraction of sp³-hybridized carbons (Fsp3) is 0.788. The third-order valence-corrected chi connectivity index (χ3v) is 15.8. The van der Waals surface area contributed by atoms with Gasteiger partial charge in [0.15, 0.2) is 12.6 Å². The van der Waals surface area contributed by atoms with Crippen LogP contribution in [0.5, 0.6) is 0 Å². The molecular formula is C52H85N5O15. The Hall–Kier alpha value is -3.51. The van der Waals surface area contributed by atoms with Crippen molar-refractivity contribution >= 4 is 17.7 Å². The maximum atomic E-state index is 14.5. The number of aryl methyl sites for hydroxylation is 1. The minimum absolute atomic E-state index is 0.0522. The van der Waals surface area contributed by atoms with Gasteiger partial charge in [0.05, 0.1) is 53.8 Å². The van der Waals surface area contributed by atoms with Gasteiger partial charge in [0.25, 0.3) is 0 Å². The molecule has 1 amide bonds. The number of amides is 1. The third kappa shape index (κ3) is 13.7. The lowest BCUT2D eigenvalue weighted by molar-refractivity contribution is -0.319. The molecule has 20 nitrogen and oxygen atoms in total. The molecule has 0 aliphatic carbocycles. The highest BCUT2D eigenvalue weighted by Gasteiger charge is 2.54. The quantitative estimate of drug-likeness (QED) is 0.0557. The lowest BCUT2D eigenvalue weighted by Gasteiger charge is -2.50. The second-order valence-electron chi connectivity index (χ2n) is 21.5. The summed E-state index contributed by atoms with van der Waals surface area (Å²) < 4.78 is 46.7. The number of aromatic nitrogens is 3. The number of methoxy groups -OCH3 is 2. The summed E-state index contributed by atoms with van der Waals surface area (Å²) in [5.74, 6) is -5.22. The van der Waals surface area contributed by atoms with Gasteiger partial charge in [0.1, 0.15) is 35.4 Å². The van der Waals surface area contributed by atoms with Gasteiger partial charge in [-0.3, -0.25) is 29.2 Å². The predicted molar refractivity (Wildman–Crippen MR) is 263 cm³/mol. The Morgan fingerprint density at radius 2 is 1.60 bits per heavy atom. The number of unbranched alkanes of at least 4 members (excludes halogenated alkanes) is 2. The summed E-state index contributed by atoms with van der Waals surface area (Å²) in [5, 5.41) is 64.6. The Kier molecular flexibility index (Phi) is 20.9. The molecule has 408 valence electrons. The number of esters is 1. The number of carbonyl (C=O) groups excluding carboxylic acids is 3. The molecule has 18 atom stereocenters. The molecule has 0 bridgehead atoms. The molecule has 2 aromatic rings. The Bertz CT molecular complexity index is 2080. The zero-order valence-corrected chi connectivity index (χ0v) is 44.7. The molecule has 1 aromatic carbocycles. The molecule has 3 aliphatic rings. The lowest BCUT2D eigenvalue weighted by Crippen LogP contribution is -2.61. The van der Waals surface area contributed by atoms with Gasteiger partial charge in [-0.15, -0.1) is 5.10 Å². The number of hydrogen-bond donors (Lipinski definition) is 6. The van der Waals surface area contributed by atoms with E-state index in [1.165, 1.54) is 21.1 Å². The SMILES string of the molecule is CC[C@H]1OC(=O)[C@H](C)[C@@H](O[C@H]2C[C@@](C)(OC)[C@@H](O)[C@H](C)O2)[C@H](C)[C@@H](O[C@@H]2O[C@H](C)C[C@H](N(C)Cc3ccccc3-c3cn(CCCCCC(=O)NO)nn3)[C@H]2O)[C@](C)(OC)C[C@@H](C)C(=O)[C@H](C)[C@@H](O)[C@]1(C)O. The molecule has 72 heavy (non-hydrogen) atoms. The fourth-order valence-electron chi connectivity index (χ4n) is 11.1. The number of ether oxygens (including phenoxy) is 7. The first-order valence-corrected chi connectivity index (χ1v) is 25.7. The van der Waals surface area contributed by atoms with Crippen LogP contribution in [-0.4, -0.2) is 169 Å². The lowest BCUT2D eigenvalue weighted by atomic mass is 9.74. The Balaban J connectivity index is 1.49. The Morgan fingerprint density at radius 1 is 0.917 bits per heavy atom. The molecule has 3 aliphatic heterocycles. The van der Waals surface area contributed by atoms with E-state index in [0.29, 0.717) is 31.6 Å². The Labute approximate surface area is 425 Å². The number of aliphatic hydroxyl groups is 4. The minimum Gasteiger partial charge on any atom is -0.459 e. The fourth-order valence-corrected chi connectivity index (χ4v) is 11.1. The van der Waals surface area contributed by atoms with Gasteiger partial charge in [0.2, 0.25) is 5.91 Å². The zero-order chi connectivity index (χ0) is 53.5. The van der Waals surface area contributed by atoms with Crippen LogP contribution in [0.25, 0.3) is 11.3 Å². The van der Waals surface area contributed by atoms with Crippen LogP contribution >= 0.6 is 0 Å². The number of rotatable bonds is 17. The van der Waals surface area contributed by atoms with Crippen molar-refractivity contribution < 1.29 is 73.2 Å². The average Bonchev–Trinajstić information content (AvgIpc) is 3.83. The highest BCUT2D eigenvalue weighted by molar-refractivity contribution is 5.83. The van der Waals surface area contributed by atoms with Gasteiger partial charge < -0.3 is 53.6 Å². The van der Waals surface area contributed by atoms with Crippen LogP contribution in [0, 0.1) is 23.7 Å². The summed E-state index contributed by atoms with van der Waals surface area (Å²) in [6.07, 6.45) is -5.56. The topological polar surface area (TPSA) is 263 Å². The first-order valence-electron chi connectivity index (χ1n) is 25.7. The number of hydrogen-bond acceptors (Lipinski definition) is 18. The normalized spacial score (nSPS) is 38.6. The molecule has 3 saturated heterocycles. The van der Waals surface area contributed by atoms with Crippen LogP contribution in [0.4, 0.5) is 0 Å². The van der Waals surface area contributed by atoms with E-state index in [1.54, 1.807) is 58.6 Å². The molecule has 3 fully saturated rings. The standard InChI is InChI=1S/C52H85N5O15/c1-14-39-52(10,64)45(61)31(4)42(59)29(2)25-51(9,67-13)47(32(5)44(33(6)48(63)70-39)71-41-26-50(8,66-12)46(62)34(7)69-41)72-49-43(60)38(24-30(3)68-49)56(11)27-35-20-17-18-21-36(35)37-28-57(55-53-37)23-19-15-16-22-40(58)54-65/h17-18,20-21,28-34,38-39,41,43-47,49,60-62,64-65H,14-16,19,22-27H2,1-13H3,(H,54,58)/t29-,30-,31+,32+,33-,34+,38+,39-,41+,43-,44+,45-,46+,47-,49+,50-,51-,52-/m1/s1. The van der Waals surface area contributed by atoms with Gasteiger partial charge in [-0.25, -0.2) is 5.48 Å². The minimum atomic E-state index is -2.01. The van der Waals surface area contributed by atoms with Crippen molar-refractivity contribution in [2.24, 2.45) is 23.7 Å². The summed E-state index contributed by atoms with van der Waals surface area (Å²) in [5.41, 5.74) is -0.287. The van der Waals surface area contributed by atoms with Crippen LogP contribution in [-0.2, 0) is 60.6 Å². The number of aliphatic hydroxyl groups excluding tert-OH is 3. The van der Waals surface area contributed by atoms with Crippen molar-refractivity contribution in [1.29, 1.82) is 0 Å². The highest BCUT2D eigenvalue weighted by atomic mass is 16.7. The second-order valence-corrected chi connectivity index (χ2v) is 21.5. The van der Waals surface area contributed by atoms with Gasteiger partial charge in [-0.1, -0.05) is 63.6 Å². The molecule has 5 rings (SSSR count). The van der Waals surface area contributed by atoms with E-state index < -0.39 is 120 Å². The zero-order valence-electron chi connectivity index (χ0n) is 44.7. The van der Waals surface area contributed by atoms with E-state index in [0.717, 1.165) is 24.0 Å². The maximum Gasteiger partial charge on any atom is 0.311 e. The molecule has 0 spiro atoms. The smallest absolute Gasteiger partial charge is 0.311 e. The number of Topliss-reactive ketones (excluding diaryl/α,β-unsaturated/α-hetero) is 1. The number of nitrogens with zero attached hydrogens (tertiary/aromatic N) is 4. The van der Waals surface area contributed by atoms with E-state index in [-0.39, 0.29) is 31.5 Å². The molecule has 1 aromatic heterocycles. The largest absolute Gasteiger partial charge is 0.459 e. The van der Waals surface area contributed by atoms with Crippen molar-refractivity contribution in [3.8, 4) is 11.3 Å². The van der Waals surface area contributed by atoms with Crippen LogP contribution in [0.1, 0.15) is 126 Å². The first-order chi connectivity index (χ1) is 33.9. The number of ketones is 1. The monoisotopic (exact) mass is 1020 g/mol. The molecule has 0 radical (unpaired) electrons. The summed E-state index contributed by atoms with van der Waals surface area (Å²) in [6, 6.07) is 7.37. The summed E-state index contributed by atoms with van der Waals surface area (Å²) in [7, 11) is 4.92. The summed E-state index contributed by atoms with van der Waals surface area (Å²) >= 11 is 0. The van der Waals surface area contributed by atoms with Crippen molar-refractivity contribution in [3.05, 3.63) is 36.0 Å². The van der Waals surface area contributed by atoms with Gasteiger partial charge in [-0.05, 0) is 86.3 Å². The number of cyclic esters (lactones) is 1. The van der Waals surface area contributed by atoms with E-state index >= 15 is 0 Å². The van der Waals surface area contributed by atoms with Crippen molar-refractivity contribution in [3.63, 3.8) is 0 Å². The molecule has 0 unspecified atom stereocenters. The van der Waals surface area contributed by atoms with Crippen molar-refractivity contribution in [1.82, 2.24) is 25.4 Å². The highest BCUT2D eigenvalue weighted by Crippen LogP contribution is 2.42. The van der Waals surface area contributed by atoms with Crippen LogP contribution in [0.2, 0.25) is 0 Å². The second kappa shape index (κ2) is 25.3. The first kappa shape index (κ1) is 59.4. The van der Waals surface area contributed by atoms with Crippen LogP contribution in [0.15, 0.2) is 30.5 Å². The van der Waals surface area contributed by atoms with Gasteiger partial charge in [-0.2, -0.15) is 0 Å². The van der Waals surface area contributed by atoms with Crippen molar-refractivity contribution in [2.45, 2.75) is 218 Å². The molecule has 4 heterocycles. The van der Waals surface area contributed by atoms with Gasteiger partial charge >= 0.3 is 5.97 Å². The molecular weight excluding hydrogens is 935 g/mol. The van der Waals surface area contributed by atoms with Crippen LogP contribution < -0.4 is 5.48 Å². The Morgan fingerprint density at radius 3 is 2.25 bits per heavy atom. The van der Waals surface area contributed by atoms with E-state index in [9.17, 15) is 34.8 Å². The van der Waals surface area contributed by atoms with Crippen LogP contribution in [0.3, 0.4) is 0 Å². The third-order valence-electron chi connectivity index (χ3n) is 15.8.